The van der Waals surface area contributed by atoms with Crippen LogP contribution in [0, 0.1) is 5.21 Å². The summed E-state index contributed by atoms with van der Waals surface area (Å²) in [4.78, 5) is 0. The molecule has 1 unspecified atom stereocenters. The van der Waals surface area contributed by atoms with Crippen LogP contribution in [0.3, 0.4) is 0 Å². The van der Waals surface area contributed by atoms with Gasteiger partial charge in [-0.25, -0.2) is 0 Å². The van der Waals surface area contributed by atoms with E-state index in [1.807, 2.05) is 55.5 Å². The predicted octanol–water partition coefficient (Wildman–Crippen LogP) is 2.93. The van der Waals surface area contributed by atoms with E-state index in [1.165, 1.54) is 0 Å². The summed E-state index contributed by atoms with van der Waals surface area (Å²) in [6, 6.07) is 16.6. The van der Waals surface area contributed by atoms with Gasteiger partial charge < -0.3 is 10.3 Å². The van der Waals surface area contributed by atoms with Crippen LogP contribution in [0.25, 0.3) is 0 Å². The molecule has 0 amide bonds. The first-order chi connectivity index (χ1) is 9.18. The van der Waals surface area contributed by atoms with E-state index in [-0.39, 0.29) is 0 Å². The Kier molecular flexibility index (Phi) is 2.64. The molecule has 0 saturated carbocycles. The average molecular weight is 253 g/mol. The van der Waals surface area contributed by atoms with Crippen molar-refractivity contribution < 1.29 is 9.85 Å². The molecule has 19 heavy (non-hydrogen) atoms. The fourth-order valence-corrected chi connectivity index (χ4v) is 2.73. The maximum absolute atomic E-state index is 12.5. The summed E-state index contributed by atoms with van der Waals surface area (Å²) in [7, 11) is 0. The van der Waals surface area contributed by atoms with Crippen LogP contribution in [0.5, 0.6) is 0 Å². The van der Waals surface area contributed by atoms with Gasteiger partial charge in [0, 0.05) is 11.6 Å². The zero-order chi connectivity index (χ0) is 13.5. The SMILES string of the molecule is CCC1(O)C(c2ccccc2)=[N+]([O-])c2ccccc21. The smallest absolute Gasteiger partial charge is 0.237 e. The molecule has 3 rings (SSSR count). The number of hydrogen-bond acceptors (Lipinski definition) is 2. The van der Waals surface area contributed by atoms with Gasteiger partial charge in [-0.05, 0) is 24.6 Å². The van der Waals surface area contributed by atoms with Gasteiger partial charge in [0.25, 0.3) is 0 Å². The van der Waals surface area contributed by atoms with Crippen molar-refractivity contribution in [2.24, 2.45) is 0 Å². The number of rotatable bonds is 2. The van der Waals surface area contributed by atoms with Crippen molar-refractivity contribution in [2.75, 3.05) is 0 Å². The first-order valence-corrected chi connectivity index (χ1v) is 6.40. The van der Waals surface area contributed by atoms with Crippen LogP contribution in [-0.4, -0.2) is 15.6 Å². The number of fused-ring (bicyclic) bond motifs is 1. The first-order valence-electron chi connectivity index (χ1n) is 6.40. The van der Waals surface area contributed by atoms with Gasteiger partial charge in [-0.1, -0.05) is 37.3 Å². The van der Waals surface area contributed by atoms with Crippen LogP contribution >= 0.6 is 0 Å². The third-order valence-corrected chi connectivity index (χ3v) is 3.72. The highest BCUT2D eigenvalue weighted by Gasteiger charge is 2.49. The summed E-state index contributed by atoms with van der Waals surface area (Å²) >= 11 is 0. The predicted molar refractivity (Wildman–Crippen MR) is 74.5 cm³/mol. The molecule has 0 bridgehead atoms. The largest absolute Gasteiger partial charge is 0.618 e. The molecule has 0 fully saturated rings. The standard InChI is InChI=1S/C16H15NO2/c1-2-16(18)13-10-6-7-11-14(13)17(19)15(16)12-8-4-3-5-9-12/h3-11,18H,2H2,1H3. The Morgan fingerprint density at radius 3 is 2.37 bits per heavy atom. The number of hydrogen-bond donors (Lipinski definition) is 1. The molecular formula is C16H15NO2. The van der Waals surface area contributed by atoms with Crippen LogP contribution in [0.1, 0.15) is 24.5 Å². The Bertz CT molecular complexity index is 649. The van der Waals surface area contributed by atoms with Crippen molar-refractivity contribution in [1.82, 2.24) is 0 Å². The molecule has 1 heterocycles. The quantitative estimate of drug-likeness (QED) is 0.660. The van der Waals surface area contributed by atoms with Gasteiger partial charge >= 0.3 is 0 Å². The molecule has 3 heteroatoms. The minimum atomic E-state index is -1.21. The highest BCUT2D eigenvalue weighted by atomic mass is 16.5. The summed E-state index contributed by atoms with van der Waals surface area (Å²) in [5.41, 5.74) is 1.19. The summed E-state index contributed by atoms with van der Waals surface area (Å²) in [6.07, 6.45) is 0.465. The minimum Gasteiger partial charge on any atom is -0.618 e. The Morgan fingerprint density at radius 1 is 1.05 bits per heavy atom. The summed E-state index contributed by atoms with van der Waals surface area (Å²) in [6.45, 7) is 1.89. The molecular weight excluding hydrogens is 238 g/mol. The summed E-state index contributed by atoms with van der Waals surface area (Å²) in [5.74, 6) is 0. The zero-order valence-electron chi connectivity index (χ0n) is 10.7. The second kappa shape index (κ2) is 4.21. The summed E-state index contributed by atoms with van der Waals surface area (Å²) in [5, 5.41) is 23.4. The fourth-order valence-electron chi connectivity index (χ4n) is 2.73. The van der Waals surface area contributed by atoms with Gasteiger partial charge in [0.15, 0.2) is 5.60 Å². The topological polar surface area (TPSA) is 46.3 Å². The molecule has 0 aromatic heterocycles. The van der Waals surface area contributed by atoms with Gasteiger partial charge in [-0.2, -0.15) is 4.74 Å². The molecule has 0 saturated heterocycles. The number of aliphatic hydroxyl groups is 1. The van der Waals surface area contributed by atoms with Crippen molar-refractivity contribution in [3.05, 3.63) is 70.9 Å². The molecule has 3 nitrogen and oxygen atoms in total. The van der Waals surface area contributed by atoms with Crippen molar-refractivity contribution in [2.45, 2.75) is 18.9 Å². The van der Waals surface area contributed by atoms with Crippen molar-refractivity contribution in [1.29, 1.82) is 0 Å². The van der Waals surface area contributed by atoms with E-state index in [4.69, 9.17) is 0 Å². The van der Waals surface area contributed by atoms with Gasteiger partial charge in [0.1, 0.15) is 0 Å². The van der Waals surface area contributed by atoms with Crippen molar-refractivity contribution in [3.8, 4) is 0 Å². The maximum atomic E-state index is 12.5. The maximum Gasteiger partial charge on any atom is 0.237 e. The van der Waals surface area contributed by atoms with Crippen LogP contribution in [0.4, 0.5) is 5.69 Å². The van der Waals surface area contributed by atoms with Crippen LogP contribution in [0.15, 0.2) is 54.6 Å². The number of para-hydroxylation sites is 1. The summed E-state index contributed by atoms with van der Waals surface area (Å²) < 4.78 is 0.855. The number of benzene rings is 2. The van der Waals surface area contributed by atoms with Gasteiger partial charge in [-0.3, -0.25) is 0 Å². The van der Waals surface area contributed by atoms with Crippen molar-refractivity contribution >= 4 is 11.4 Å². The molecule has 1 aliphatic heterocycles. The van der Waals surface area contributed by atoms with Gasteiger partial charge in [-0.15, -0.1) is 0 Å². The van der Waals surface area contributed by atoms with Crippen molar-refractivity contribution in [3.63, 3.8) is 0 Å². The first kappa shape index (κ1) is 11.9. The lowest BCUT2D eigenvalue weighted by atomic mass is 9.85. The van der Waals surface area contributed by atoms with E-state index in [0.717, 1.165) is 10.3 Å². The second-order valence-electron chi connectivity index (χ2n) is 4.74. The molecule has 1 atom stereocenters. The lowest BCUT2D eigenvalue weighted by molar-refractivity contribution is -0.359. The molecule has 96 valence electrons. The third kappa shape index (κ3) is 1.59. The normalized spacial score (nSPS) is 21.6. The van der Waals surface area contributed by atoms with E-state index in [0.29, 0.717) is 23.4 Å². The van der Waals surface area contributed by atoms with Crippen LogP contribution in [-0.2, 0) is 5.60 Å². The Morgan fingerprint density at radius 2 is 1.68 bits per heavy atom. The average Bonchev–Trinajstić information content (AvgIpc) is 2.70. The van der Waals surface area contributed by atoms with E-state index in [9.17, 15) is 10.3 Å². The highest BCUT2D eigenvalue weighted by Crippen LogP contribution is 2.41. The molecule has 0 radical (unpaired) electrons. The molecule has 0 spiro atoms. The lowest BCUT2D eigenvalue weighted by Crippen LogP contribution is -2.34. The van der Waals surface area contributed by atoms with E-state index in [1.54, 1.807) is 6.07 Å². The minimum absolute atomic E-state index is 0.414. The van der Waals surface area contributed by atoms with Gasteiger partial charge in [0.2, 0.25) is 11.4 Å². The molecule has 2 aromatic rings. The monoisotopic (exact) mass is 253 g/mol. The Labute approximate surface area is 112 Å². The molecule has 0 aliphatic carbocycles. The van der Waals surface area contributed by atoms with Crippen LogP contribution in [0.2, 0.25) is 0 Å². The third-order valence-electron chi connectivity index (χ3n) is 3.72. The second-order valence-corrected chi connectivity index (χ2v) is 4.74. The zero-order valence-corrected chi connectivity index (χ0v) is 10.7. The Balaban J connectivity index is 2.28. The van der Waals surface area contributed by atoms with E-state index >= 15 is 0 Å². The number of nitrogens with zero attached hydrogens (tertiary/aromatic N) is 1. The fraction of sp³-hybridized carbons (Fsp3) is 0.188. The van der Waals surface area contributed by atoms with Crippen LogP contribution < -0.4 is 0 Å². The molecule has 1 N–H and O–H groups in total. The molecule has 1 aliphatic rings. The Hall–Kier alpha value is -2.13. The van der Waals surface area contributed by atoms with E-state index < -0.39 is 5.60 Å². The highest BCUT2D eigenvalue weighted by molar-refractivity contribution is 6.06. The lowest BCUT2D eigenvalue weighted by Gasteiger charge is -2.20. The molecule has 2 aromatic carbocycles. The van der Waals surface area contributed by atoms with E-state index in [2.05, 4.69) is 0 Å². The van der Waals surface area contributed by atoms with Gasteiger partial charge in [0.05, 0.1) is 5.56 Å².